The lowest BCUT2D eigenvalue weighted by molar-refractivity contribution is 0.355. The Hall–Kier alpha value is -1.68. The molecule has 1 aliphatic carbocycles. The maximum absolute atomic E-state index is 5.39. The van der Waals surface area contributed by atoms with E-state index in [2.05, 4.69) is 41.9 Å². The van der Waals surface area contributed by atoms with E-state index in [1.807, 2.05) is 6.07 Å². The molecule has 19 heavy (non-hydrogen) atoms. The summed E-state index contributed by atoms with van der Waals surface area (Å²) in [5.41, 5.74) is 1.21. The van der Waals surface area contributed by atoms with Crippen molar-refractivity contribution >= 4 is 10.9 Å². The molecule has 2 atom stereocenters. The molecule has 1 fully saturated rings. The van der Waals surface area contributed by atoms with Gasteiger partial charge in [0.1, 0.15) is 0 Å². The summed E-state index contributed by atoms with van der Waals surface area (Å²) in [6.45, 7) is 0. The molecule has 0 spiro atoms. The van der Waals surface area contributed by atoms with Crippen molar-refractivity contribution in [2.45, 2.75) is 18.5 Å². The standard InChI is InChI=1S/C15H20N2O2/c1-16(2)12-8-13(12)17-6-5-10-7-14(18-3)15(19-4)9-11(10)17/h5-7,9,12-13H,8H2,1-4H3/t12?,13-/m0/s1. The molecule has 3 rings (SSSR count). The number of rotatable bonds is 4. The molecule has 1 aliphatic rings. The minimum Gasteiger partial charge on any atom is -0.493 e. The number of nitrogens with zero attached hydrogens (tertiary/aromatic N) is 2. The van der Waals surface area contributed by atoms with Crippen LogP contribution in [0.5, 0.6) is 11.5 Å². The zero-order valence-corrected chi connectivity index (χ0v) is 11.9. The van der Waals surface area contributed by atoms with Crippen molar-refractivity contribution in [3.63, 3.8) is 0 Å². The Labute approximate surface area is 113 Å². The van der Waals surface area contributed by atoms with Gasteiger partial charge in [0.05, 0.1) is 25.8 Å². The Morgan fingerprint density at radius 2 is 1.84 bits per heavy atom. The quantitative estimate of drug-likeness (QED) is 0.845. The maximum Gasteiger partial charge on any atom is 0.162 e. The van der Waals surface area contributed by atoms with Crippen LogP contribution in [-0.4, -0.2) is 43.8 Å². The summed E-state index contributed by atoms with van der Waals surface area (Å²) in [6, 6.07) is 7.47. The molecule has 4 heteroatoms. The molecule has 1 heterocycles. The van der Waals surface area contributed by atoms with Crippen molar-refractivity contribution in [3.05, 3.63) is 24.4 Å². The van der Waals surface area contributed by atoms with E-state index in [0.717, 1.165) is 11.5 Å². The highest BCUT2D eigenvalue weighted by atomic mass is 16.5. The van der Waals surface area contributed by atoms with Gasteiger partial charge in [0, 0.05) is 23.7 Å². The molecule has 2 aromatic rings. The molecule has 1 aromatic carbocycles. The van der Waals surface area contributed by atoms with Gasteiger partial charge in [-0.2, -0.15) is 0 Å². The summed E-state index contributed by atoms with van der Waals surface area (Å²) < 4.78 is 13.1. The van der Waals surface area contributed by atoms with Crippen LogP contribution < -0.4 is 9.47 Å². The lowest BCUT2D eigenvalue weighted by Crippen LogP contribution is -2.17. The Balaban J connectivity index is 2.03. The van der Waals surface area contributed by atoms with Gasteiger partial charge >= 0.3 is 0 Å². The number of benzene rings is 1. The largest absolute Gasteiger partial charge is 0.493 e. The Morgan fingerprint density at radius 1 is 1.16 bits per heavy atom. The minimum absolute atomic E-state index is 0.575. The molecule has 0 N–H and O–H groups in total. The van der Waals surface area contributed by atoms with E-state index in [0.29, 0.717) is 12.1 Å². The van der Waals surface area contributed by atoms with Gasteiger partial charge in [0.2, 0.25) is 0 Å². The summed E-state index contributed by atoms with van der Waals surface area (Å²) in [6.07, 6.45) is 3.38. The van der Waals surface area contributed by atoms with E-state index in [9.17, 15) is 0 Å². The van der Waals surface area contributed by atoms with Crippen molar-refractivity contribution in [1.29, 1.82) is 0 Å². The zero-order chi connectivity index (χ0) is 13.6. The van der Waals surface area contributed by atoms with Crippen LogP contribution in [0.4, 0.5) is 0 Å². The lowest BCUT2D eigenvalue weighted by Gasteiger charge is -2.12. The van der Waals surface area contributed by atoms with Gasteiger partial charge in [-0.1, -0.05) is 0 Å². The number of methoxy groups -OCH3 is 2. The summed E-state index contributed by atoms with van der Waals surface area (Å²) in [4.78, 5) is 2.29. The van der Waals surface area contributed by atoms with Gasteiger partial charge in [-0.25, -0.2) is 0 Å². The second kappa shape index (κ2) is 4.46. The number of likely N-dealkylation sites (N-methyl/N-ethyl adjacent to an activating group) is 1. The van der Waals surface area contributed by atoms with E-state index in [1.165, 1.54) is 17.3 Å². The molecule has 0 bridgehead atoms. The van der Waals surface area contributed by atoms with Crippen LogP contribution in [0.1, 0.15) is 12.5 Å². The lowest BCUT2D eigenvalue weighted by atomic mass is 10.2. The number of hydrogen-bond acceptors (Lipinski definition) is 3. The average molecular weight is 260 g/mol. The molecule has 1 unspecified atom stereocenters. The topological polar surface area (TPSA) is 26.6 Å². The van der Waals surface area contributed by atoms with Gasteiger partial charge in [-0.15, -0.1) is 0 Å². The predicted molar refractivity (Wildman–Crippen MR) is 76.2 cm³/mol. The molecule has 0 radical (unpaired) electrons. The third kappa shape index (κ3) is 1.96. The summed E-state index contributed by atoms with van der Waals surface area (Å²) in [7, 11) is 7.63. The van der Waals surface area contributed by atoms with Gasteiger partial charge < -0.3 is 18.9 Å². The van der Waals surface area contributed by atoms with Crippen LogP contribution in [0.25, 0.3) is 10.9 Å². The third-order valence-electron chi connectivity index (χ3n) is 3.97. The fourth-order valence-corrected chi connectivity index (χ4v) is 2.79. The zero-order valence-electron chi connectivity index (χ0n) is 11.9. The van der Waals surface area contributed by atoms with Crippen molar-refractivity contribution in [2.75, 3.05) is 28.3 Å². The van der Waals surface area contributed by atoms with Crippen LogP contribution in [0.3, 0.4) is 0 Å². The fourth-order valence-electron chi connectivity index (χ4n) is 2.79. The number of ether oxygens (including phenoxy) is 2. The first-order valence-corrected chi connectivity index (χ1v) is 6.54. The van der Waals surface area contributed by atoms with Crippen LogP contribution in [-0.2, 0) is 0 Å². The molecular weight excluding hydrogens is 240 g/mol. The van der Waals surface area contributed by atoms with Crippen molar-refractivity contribution in [1.82, 2.24) is 9.47 Å². The van der Waals surface area contributed by atoms with Crippen LogP contribution in [0, 0.1) is 0 Å². The van der Waals surface area contributed by atoms with E-state index >= 15 is 0 Å². The maximum atomic E-state index is 5.39. The second-order valence-electron chi connectivity index (χ2n) is 5.32. The molecule has 102 valence electrons. The molecular formula is C15H20N2O2. The van der Waals surface area contributed by atoms with Gasteiger partial charge in [-0.3, -0.25) is 0 Å². The van der Waals surface area contributed by atoms with Crippen LogP contribution in [0.15, 0.2) is 24.4 Å². The first-order valence-electron chi connectivity index (χ1n) is 6.54. The molecule has 1 aromatic heterocycles. The smallest absolute Gasteiger partial charge is 0.162 e. The highest BCUT2D eigenvalue weighted by Gasteiger charge is 2.40. The van der Waals surface area contributed by atoms with Gasteiger partial charge in [0.15, 0.2) is 11.5 Å². The highest BCUT2D eigenvalue weighted by molar-refractivity contribution is 5.84. The first-order chi connectivity index (χ1) is 9.15. The van der Waals surface area contributed by atoms with Gasteiger partial charge in [0.25, 0.3) is 0 Å². The summed E-state index contributed by atoms with van der Waals surface area (Å²) >= 11 is 0. The van der Waals surface area contributed by atoms with Gasteiger partial charge in [-0.05, 0) is 32.6 Å². The van der Waals surface area contributed by atoms with Crippen LogP contribution in [0.2, 0.25) is 0 Å². The SMILES string of the molecule is COc1cc2ccn([C@H]3CC3N(C)C)c2cc1OC. The number of fused-ring (bicyclic) bond motifs is 1. The molecule has 4 nitrogen and oxygen atoms in total. The van der Waals surface area contributed by atoms with E-state index in [-0.39, 0.29) is 0 Å². The summed E-state index contributed by atoms with van der Waals surface area (Å²) in [5, 5.41) is 1.20. The minimum atomic E-state index is 0.575. The Morgan fingerprint density at radius 3 is 2.42 bits per heavy atom. The third-order valence-corrected chi connectivity index (χ3v) is 3.97. The van der Waals surface area contributed by atoms with E-state index in [4.69, 9.17) is 9.47 Å². The van der Waals surface area contributed by atoms with Crippen molar-refractivity contribution in [2.24, 2.45) is 0 Å². The molecule has 0 aliphatic heterocycles. The monoisotopic (exact) mass is 260 g/mol. The number of aromatic nitrogens is 1. The average Bonchev–Trinajstić information content (AvgIpc) is 3.11. The highest BCUT2D eigenvalue weighted by Crippen LogP contribution is 2.43. The van der Waals surface area contributed by atoms with Crippen molar-refractivity contribution < 1.29 is 9.47 Å². The molecule has 0 amide bonds. The van der Waals surface area contributed by atoms with E-state index < -0.39 is 0 Å². The predicted octanol–water partition coefficient (Wildman–Crippen LogP) is 2.53. The summed E-state index contributed by atoms with van der Waals surface area (Å²) in [5.74, 6) is 1.57. The fraction of sp³-hybridized carbons (Fsp3) is 0.467. The van der Waals surface area contributed by atoms with E-state index in [1.54, 1.807) is 14.2 Å². The normalized spacial score (nSPS) is 21.9. The van der Waals surface area contributed by atoms with Crippen LogP contribution >= 0.6 is 0 Å². The van der Waals surface area contributed by atoms with Crippen molar-refractivity contribution in [3.8, 4) is 11.5 Å². The molecule has 0 saturated heterocycles. The number of hydrogen-bond donors (Lipinski definition) is 0. The molecule has 1 saturated carbocycles. The Kier molecular flexibility index (Phi) is 2.90. The second-order valence-corrected chi connectivity index (χ2v) is 5.32. The first kappa shape index (κ1) is 12.4. The Bertz CT molecular complexity index is 603.